The Morgan fingerprint density at radius 1 is 1.30 bits per heavy atom. The molecular weight excluding hydrogens is 293 g/mol. The predicted octanol–water partition coefficient (Wildman–Crippen LogP) is 5.12. The molecule has 0 spiro atoms. The highest BCUT2D eigenvalue weighted by Gasteiger charge is 2.61. The smallest absolute Gasteiger partial charge is 0.136 e. The second-order valence-corrected chi connectivity index (χ2v) is 7.74. The molecule has 3 atom stereocenters. The third-order valence-corrected chi connectivity index (χ3v) is 6.58. The van der Waals surface area contributed by atoms with Gasteiger partial charge in [0.15, 0.2) is 0 Å². The molecule has 1 aromatic heterocycles. The van der Waals surface area contributed by atoms with E-state index < -0.39 is 0 Å². The largest absolute Gasteiger partial charge is 0.373 e. The Hall–Kier alpha value is -0.310. The van der Waals surface area contributed by atoms with Crippen molar-refractivity contribution in [3.63, 3.8) is 0 Å². The molecule has 0 aliphatic heterocycles. The van der Waals surface area contributed by atoms with E-state index in [1.54, 1.807) is 6.07 Å². The van der Waals surface area contributed by atoms with Crippen molar-refractivity contribution in [1.29, 1.82) is 0 Å². The Balaban J connectivity index is 1.71. The van der Waals surface area contributed by atoms with Gasteiger partial charge in [0.25, 0.3) is 0 Å². The molecule has 2 aliphatic rings. The maximum atomic E-state index is 6.21. The van der Waals surface area contributed by atoms with Crippen molar-refractivity contribution < 1.29 is 4.74 Å². The van der Waals surface area contributed by atoms with Crippen LogP contribution in [0.2, 0.25) is 10.3 Å². The molecule has 1 heterocycles. The van der Waals surface area contributed by atoms with E-state index in [1.165, 1.54) is 19.3 Å². The summed E-state index contributed by atoms with van der Waals surface area (Å²) in [5, 5.41) is 0.872. The highest BCUT2D eigenvalue weighted by Crippen LogP contribution is 2.66. The number of aromatic nitrogens is 1. The molecule has 0 N–H and O–H groups in total. The first-order valence-electron chi connectivity index (χ1n) is 7.27. The lowest BCUT2D eigenvalue weighted by Crippen LogP contribution is -2.37. The zero-order chi connectivity index (χ0) is 14.5. The van der Waals surface area contributed by atoms with Gasteiger partial charge in [-0.1, -0.05) is 50.0 Å². The van der Waals surface area contributed by atoms with Crippen LogP contribution in [0, 0.1) is 16.7 Å². The number of hydrogen-bond acceptors (Lipinski definition) is 2. The molecule has 2 saturated carbocycles. The molecule has 2 fully saturated rings. The summed E-state index contributed by atoms with van der Waals surface area (Å²) in [5.74, 6) is 0.788. The Morgan fingerprint density at radius 2 is 2.05 bits per heavy atom. The van der Waals surface area contributed by atoms with E-state index in [0.717, 1.165) is 11.5 Å². The van der Waals surface area contributed by atoms with Gasteiger partial charge in [0.05, 0.1) is 12.7 Å². The van der Waals surface area contributed by atoms with E-state index in [9.17, 15) is 0 Å². The van der Waals surface area contributed by atoms with Crippen molar-refractivity contribution in [3.05, 3.63) is 28.0 Å². The first kappa shape index (κ1) is 14.6. The van der Waals surface area contributed by atoms with Crippen molar-refractivity contribution in [2.45, 2.75) is 52.7 Å². The van der Waals surface area contributed by atoms with Crippen LogP contribution in [0.4, 0.5) is 0 Å². The summed E-state index contributed by atoms with van der Waals surface area (Å²) in [5.41, 5.74) is 1.57. The average molecular weight is 314 g/mol. The van der Waals surface area contributed by atoms with E-state index in [4.69, 9.17) is 27.9 Å². The fourth-order valence-corrected chi connectivity index (χ4v) is 4.52. The molecule has 4 heteroatoms. The van der Waals surface area contributed by atoms with Gasteiger partial charge in [-0.25, -0.2) is 4.98 Å². The second kappa shape index (κ2) is 4.86. The van der Waals surface area contributed by atoms with Gasteiger partial charge < -0.3 is 4.74 Å². The van der Waals surface area contributed by atoms with Crippen LogP contribution in [0.5, 0.6) is 0 Å². The minimum Gasteiger partial charge on any atom is -0.373 e. The standard InChI is InChI=1S/C16H21Cl2NO/c1-15(2)11-6-7-16(15,3)12(8-11)20-9-10-4-5-13(17)19-14(10)18/h4-5,11-12H,6-9H2,1-3H3. The first-order valence-corrected chi connectivity index (χ1v) is 8.03. The van der Waals surface area contributed by atoms with Gasteiger partial charge in [0.1, 0.15) is 10.3 Å². The SMILES string of the molecule is CC1(C)C2CCC1(C)C(OCc1ccc(Cl)nc1Cl)C2. The number of hydrogen-bond donors (Lipinski definition) is 0. The monoisotopic (exact) mass is 313 g/mol. The van der Waals surface area contributed by atoms with Crippen LogP contribution in [-0.2, 0) is 11.3 Å². The Kier molecular flexibility index (Phi) is 3.55. The van der Waals surface area contributed by atoms with Gasteiger partial charge in [-0.3, -0.25) is 0 Å². The summed E-state index contributed by atoms with van der Waals surface area (Å²) in [6, 6.07) is 3.66. The molecule has 0 radical (unpaired) electrons. The Bertz CT molecular complexity index is 531. The zero-order valence-corrected chi connectivity index (χ0v) is 13.8. The maximum absolute atomic E-state index is 6.21. The first-order chi connectivity index (χ1) is 9.34. The molecule has 20 heavy (non-hydrogen) atoms. The number of rotatable bonds is 3. The van der Waals surface area contributed by atoms with E-state index in [0.29, 0.717) is 28.4 Å². The van der Waals surface area contributed by atoms with Gasteiger partial charge in [-0.2, -0.15) is 0 Å². The molecule has 110 valence electrons. The van der Waals surface area contributed by atoms with E-state index in [-0.39, 0.29) is 5.41 Å². The Labute approximate surface area is 130 Å². The topological polar surface area (TPSA) is 22.1 Å². The van der Waals surface area contributed by atoms with Gasteiger partial charge in [0.2, 0.25) is 0 Å². The molecule has 3 unspecified atom stereocenters. The molecule has 2 bridgehead atoms. The molecule has 3 rings (SSSR count). The summed E-state index contributed by atoms with van der Waals surface area (Å²) in [6.07, 6.45) is 4.10. The lowest BCUT2D eigenvalue weighted by atomic mass is 9.70. The summed E-state index contributed by atoms with van der Waals surface area (Å²) in [7, 11) is 0. The number of fused-ring (bicyclic) bond motifs is 2. The lowest BCUT2D eigenvalue weighted by Gasteiger charge is -2.38. The van der Waals surface area contributed by atoms with Crippen molar-refractivity contribution in [2.75, 3.05) is 0 Å². The summed E-state index contributed by atoms with van der Waals surface area (Å²) < 4.78 is 6.21. The predicted molar refractivity (Wildman–Crippen MR) is 82.1 cm³/mol. The maximum Gasteiger partial charge on any atom is 0.136 e. The Morgan fingerprint density at radius 3 is 2.60 bits per heavy atom. The number of pyridine rings is 1. The van der Waals surface area contributed by atoms with Gasteiger partial charge in [-0.15, -0.1) is 0 Å². The quantitative estimate of drug-likeness (QED) is 0.722. The van der Waals surface area contributed by atoms with Crippen LogP contribution in [-0.4, -0.2) is 11.1 Å². The third kappa shape index (κ3) is 2.08. The third-order valence-electron chi connectivity index (χ3n) is 6.05. The normalized spacial score (nSPS) is 34.6. The van der Waals surface area contributed by atoms with Gasteiger partial charge in [0, 0.05) is 5.56 Å². The highest BCUT2D eigenvalue weighted by molar-refractivity contribution is 6.32. The van der Waals surface area contributed by atoms with Crippen LogP contribution < -0.4 is 0 Å². The van der Waals surface area contributed by atoms with Crippen molar-refractivity contribution in [3.8, 4) is 0 Å². The van der Waals surface area contributed by atoms with Gasteiger partial charge >= 0.3 is 0 Å². The van der Waals surface area contributed by atoms with Crippen molar-refractivity contribution >= 4 is 23.2 Å². The summed E-state index contributed by atoms with van der Waals surface area (Å²) >= 11 is 11.9. The molecular formula is C16H21Cl2NO. The number of halogens is 2. The van der Waals surface area contributed by atoms with Crippen molar-refractivity contribution in [1.82, 2.24) is 4.98 Å². The average Bonchev–Trinajstić information content (AvgIpc) is 2.70. The lowest BCUT2D eigenvalue weighted by molar-refractivity contribution is -0.0550. The fourth-order valence-electron chi connectivity index (χ4n) is 4.12. The molecule has 1 aromatic rings. The van der Waals surface area contributed by atoms with Crippen LogP contribution in [0.1, 0.15) is 45.6 Å². The molecule has 0 saturated heterocycles. The second-order valence-electron chi connectivity index (χ2n) is 6.99. The highest BCUT2D eigenvalue weighted by atomic mass is 35.5. The zero-order valence-electron chi connectivity index (χ0n) is 12.2. The van der Waals surface area contributed by atoms with E-state index >= 15 is 0 Å². The minimum atomic E-state index is 0.282. The van der Waals surface area contributed by atoms with Crippen LogP contribution in [0.3, 0.4) is 0 Å². The van der Waals surface area contributed by atoms with E-state index in [2.05, 4.69) is 25.8 Å². The number of ether oxygens (including phenoxy) is 1. The van der Waals surface area contributed by atoms with E-state index in [1.807, 2.05) is 6.07 Å². The molecule has 0 amide bonds. The summed E-state index contributed by atoms with van der Waals surface area (Å²) in [4.78, 5) is 4.06. The van der Waals surface area contributed by atoms with Crippen LogP contribution in [0.25, 0.3) is 0 Å². The molecule has 0 aromatic carbocycles. The van der Waals surface area contributed by atoms with Crippen LogP contribution >= 0.6 is 23.2 Å². The van der Waals surface area contributed by atoms with Crippen molar-refractivity contribution in [2.24, 2.45) is 16.7 Å². The molecule has 2 nitrogen and oxygen atoms in total. The minimum absolute atomic E-state index is 0.282. The molecule has 2 aliphatic carbocycles. The van der Waals surface area contributed by atoms with Gasteiger partial charge in [-0.05, 0) is 42.1 Å². The number of nitrogens with zero attached hydrogens (tertiary/aromatic N) is 1. The summed E-state index contributed by atoms with van der Waals surface area (Å²) in [6.45, 7) is 7.69. The van der Waals surface area contributed by atoms with Crippen LogP contribution in [0.15, 0.2) is 12.1 Å². The fraction of sp³-hybridized carbons (Fsp3) is 0.688.